The van der Waals surface area contributed by atoms with Crippen molar-refractivity contribution in [3.05, 3.63) is 35.9 Å². The van der Waals surface area contributed by atoms with Gasteiger partial charge >= 0.3 is 0 Å². The van der Waals surface area contributed by atoms with Gasteiger partial charge in [-0.25, -0.2) is 14.6 Å². The summed E-state index contributed by atoms with van der Waals surface area (Å²) in [7, 11) is 3.32. The molecule has 188 valence electrons. The minimum Gasteiger partial charge on any atom is -0.497 e. The van der Waals surface area contributed by atoms with Crippen molar-refractivity contribution in [2.24, 2.45) is 0 Å². The Morgan fingerprint density at radius 2 is 2.00 bits per heavy atom. The molecule has 4 rings (SSSR count). The summed E-state index contributed by atoms with van der Waals surface area (Å²) in [5.74, 6) is 3.22. The molecule has 1 aromatic carbocycles. The summed E-state index contributed by atoms with van der Waals surface area (Å²) >= 11 is 1.64. The third kappa shape index (κ3) is 5.70. The van der Waals surface area contributed by atoms with Crippen LogP contribution in [0.5, 0.6) is 11.5 Å². The number of fused-ring (bicyclic) bond motifs is 1. The monoisotopic (exact) mass is 498 g/mol. The molecule has 0 aliphatic heterocycles. The quantitative estimate of drug-likeness (QED) is 0.221. The molecule has 3 aromatic rings. The van der Waals surface area contributed by atoms with Crippen LogP contribution in [0.15, 0.2) is 35.5 Å². The van der Waals surface area contributed by atoms with Gasteiger partial charge in [0.15, 0.2) is 22.1 Å². The number of ether oxygens (including phenoxy) is 2. The summed E-state index contributed by atoms with van der Waals surface area (Å²) in [6.07, 6.45) is 6.95. The lowest BCUT2D eigenvalue weighted by atomic mass is 10.1. The van der Waals surface area contributed by atoms with Crippen molar-refractivity contribution < 1.29 is 14.6 Å². The van der Waals surface area contributed by atoms with Crippen LogP contribution in [0.4, 0.5) is 5.82 Å². The van der Waals surface area contributed by atoms with E-state index in [1.807, 2.05) is 29.0 Å². The predicted molar refractivity (Wildman–Crippen MR) is 138 cm³/mol. The topological polar surface area (TPSA) is 98.4 Å². The largest absolute Gasteiger partial charge is 0.497 e. The molecule has 1 aliphatic rings. The van der Waals surface area contributed by atoms with E-state index in [4.69, 9.17) is 19.4 Å². The number of methoxy groups -OCH3 is 2. The second-order valence-electron chi connectivity index (χ2n) is 8.59. The van der Waals surface area contributed by atoms with Gasteiger partial charge in [-0.15, -0.1) is 5.10 Å². The summed E-state index contributed by atoms with van der Waals surface area (Å²) < 4.78 is 12.9. The molecule has 9 nitrogen and oxygen atoms in total. The number of allylic oxidation sites excluding steroid dienone is 1. The first-order valence-electron chi connectivity index (χ1n) is 12.2. The maximum absolute atomic E-state index is 10.0. The van der Waals surface area contributed by atoms with Gasteiger partial charge in [0.05, 0.1) is 26.4 Å². The van der Waals surface area contributed by atoms with Gasteiger partial charge in [0.1, 0.15) is 11.5 Å². The summed E-state index contributed by atoms with van der Waals surface area (Å²) in [6.45, 7) is 5.74. The Kier molecular flexibility index (Phi) is 8.46. The number of aliphatic hydroxyl groups excluding tert-OH is 1. The molecule has 2 heterocycles. The van der Waals surface area contributed by atoms with Gasteiger partial charge in [-0.3, -0.25) is 0 Å². The van der Waals surface area contributed by atoms with E-state index in [0.29, 0.717) is 29.3 Å². The molecule has 0 saturated carbocycles. The zero-order valence-electron chi connectivity index (χ0n) is 20.8. The predicted octanol–water partition coefficient (Wildman–Crippen LogP) is 4.41. The van der Waals surface area contributed by atoms with E-state index in [1.54, 1.807) is 32.1 Å². The molecule has 0 bridgehead atoms. The van der Waals surface area contributed by atoms with Crippen molar-refractivity contribution in [2.75, 3.05) is 31.4 Å². The minimum atomic E-state index is -0.474. The minimum absolute atomic E-state index is 0.0763. The van der Waals surface area contributed by atoms with Crippen LogP contribution >= 0.6 is 11.8 Å². The Labute approximate surface area is 210 Å². The SMILES string of the molecule is CCCCN(Cc1ccc(OC)cc1OC)c1nc(SCCC)nc2c1nnn2C1C=C[C@@H](O)C1. The number of aliphatic hydroxyl groups is 1. The van der Waals surface area contributed by atoms with E-state index >= 15 is 0 Å². The fourth-order valence-corrected chi connectivity index (χ4v) is 4.83. The van der Waals surface area contributed by atoms with Crippen molar-refractivity contribution in [1.82, 2.24) is 25.0 Å². The molecule has 1 aliphatic carbocycles. The highest BCUT2D eigenvalue weighted by molar-refractivity contribution is 7.99. The number of benzene rings is 1. The molecule has 0 saturated heterocycles. The second-order valence-corrected chi connectivity index (χ2v) is 9.65. The molecular weight excluding hydrogens is 464 g/mol. The zero-order valence-corrected chi connectivity index (χ0v) is 21.7. The Hall–Kier alpha value is -2.85. The zero-order chi connectivity index (χ0) is 24.8. The average molecular weight is 499 g/mol. The maximum atomic E-state index is 10.0. The number of thioether (sulfide) groups is 1. The molecule has 0 radical (unpaired) electrons. The second kappa shape index (κ2) is 11.7. The number of unbranched alkanes of at least 4 members (excludes halogenated alkanes) is 1. The first kappa shape index (κ1) is 25.2. The third-order valence-electron chi connectivity index (χ3n) is 6.01. The normalized spacial score (nSPS) is 17.3. The standard InChI is InChI=1S/C25H34N6O3S/c1-5-7-12-30(16-17-8-11-20(33-3)15-21(17)34-4)23-22-24(27-25(26-23)35-13-6-2)31(29-28-22)18-9-10-19(32)14-18/h8-11,15,18-19,32H,5-7,12-14,16H2,1-4H3/t18?,19-/m1/s1. The summed E-state index contributed by atoms with van der Waals surface area (Å²) in [5.41, 5.74) is 2.40. The highest BCUT2D eigenvalue weighted by Crippen LogP contribution is 2.33. The van der Waals surface area contributed by atoms with Crippen LogP contribution in [-0.4, -0.2) is 62.7 Å². The lowest BCUT2D eigenvalue weighted by Gasteiger charge is -2.25. The average Bonchev–Trinajstić information content (AvgIpc) is 3.50. The number of hydrogen-bond acceptors (Lipinski definition) is 9. The van der Waals surface area contributed by atoms with Gasteiger partial charge in [0.2, 0.25) is 0 Å². The lowest BCUT2D eigenvalue weighted by molar-refractivity contribution is 0.208. The van der Waals surface area contributed by atoms with Gasteiger partial charge in [-0.2, -0.15) is 0 Å². The van der Waals surface area contributed by atoms with Crippen LogP contribution in [-0.2, 0) is 6.54 Å². The first-order valence-corrected chi connectivity index (χ1v) is 13.1. The van der Waals surface area contributed by atoms with Gasteiger partial charge < -0.3 is 19.5 Å². The van der Waals surface area contributed by atoms with Gasteiger partial charge in [0, 0.05) is 36.9 Å². The van der Waals surface area contributed by atoms with Crippen LogP contribution in [0.1, 0.15) is 51.1 Å². The fraction of sp³-hybridized carbons (Fsp3) is 0.520. The Balaban J connectivity index is 1.78. The molecule has 35 heavy (non-hydrogen) atoms. The van der Waals surface area contributed by atoms with E-state index < -0.39 is 6.10 Å². The highest BCUT2D eigenvalue weighted by atomic mass is 32.2. The maximum Gasteiger partial charge on any atom is 0.191 e. The van der Waals surface area contributed by atoms with E-state index in [-0.39, 0.29) is 6.04 Å². The number of hydrogen-bond donors (Lipinski definition) is 1. The smallest absolute Gasteiger partial charge is 0.191 e. The van der Waals surface area contributed by atoms with Gasteiger partial charge in [-0.05, 0) is 25.0 Å². The van der Waals surface area contributed by atoms with Crippen molar-refractivity contribution in [2.45, 2.75) is 63.4 Å². The molecule has 1 unspecified atom stereocenters. The summed E-state index contributed by atoms with van der Waals surface area (Å²) in [6, 6.07) is 5.80. The molecule has 10 heteroatoms. The van der Waals surface area contributed by atoms with Crippen molar-refractivity contribution in [1.29, 1.82) is 0 Å². The van der Waals surface area contributed by atoms with Crippen molar-refractivity contribution in [3.63, 3.8) is 0 Å². The highest BCUT2D eigenvalue weighted by Gasteiger charge is 2.26. The number of rotatable bonds is 12. The van der Waals surface area contributed by atoms with Gasteiger partial charge in [-0.1, -0.05) is 49.4 Å². The lowest BCUT2D eigenvalue weighted by Crippen LogP contribution is -2.26. The number of nitrogens with zero attached hydrogens (tertiary/aromatic N) is 6. The van der Waals surface area contributed by atoms with Crippen molar-refractivity contribution in [3.8, 4) is 11.5 Å². The molecule has 0 spiro atoms. The fourth-order valence-electron chi connectivity index (χ4n) is 4.14. The summed E-state index contributed by atoms with van der Waals surface area (Å²) in [5, 5.41) is 19.7. The van der Waals surface area contributed by atoms with E-state index in [9.17, 15) is 5.11 Å². The van der Waals surface area contributed by atoms with Crippen molar-refractivity contribution >= 4 is 28.7 Å². The molecule has 1 N–H and O–H groups in total. The van der Waals surface area contributed by atoms with Crippen LogP contribution < -0.4 is 14.4 Å². The van der Waals surface area contributed by atoms with Gasteiger partial charge in [0.25, 0.3) is 0 Å². The number of anilines is 1. The summed E-state index contributed by atoms with van der Waals surface area (Å²) in [4.78, 5) is 12.0. The molecular formula is C25H34N6O3S. The first-order chi connectivity index (χ1) is 17.1. The molecule has 0 fully saturated rings. The van der Waals surface area contributed by atoms with E-state index in [1.165, 1.54) is 0 Å². The van der Waals surface area contributed by atoms with E-state index in [0.717, 1.165) is 54.4 Å². The van der Waals surface area contributed by atoms with E-state index in [2.05, 4.69) is 29.1 Å². The van der Waals surface area contributed by atoms with Crippen LogP contribution in [0, 0.1) is 0 Å². The van der Waals surface area contributed by atoms with Crippen LogP contribution in [0.25, 0.3) is 11.2 Å². The Morgan fingerprint density at radius 3 is 2.69 bits per heavy atom. The van der Waals surface area contributed by atoms with Crippen LogP contribution in [0.3, 0.4) is 0 Å². The Bertz CT molecular complexity index is 1170. The molecule has 0 amide bonds. The molecule has 2 atom stereocenters. The Morgan fingerprint density at radius 1 is 1.14 bits per heavy atom. The third-order valence-corrected chi connectivity index (χ3v) is 7.06. The number of aromatic nitrogens is 5. The van der Waals surface area contributed by atoms with Crippen LogP contribution in [0.2, 0.25) is 0 Å². The molecule has 2 aromatic heterocycles.